The highest BCUT2D eigenvalue weighted by molar-refractivity contribution is 6.05. The molecule has 0 saturated carbocycles. The monoisotopic (exact) mass is 346 g/mol. The Morgan fingerprint density at radius 3 is 2.26 bits per heavy atom. The van der Waals surface area contributed by atoms with Crippen molar-refractivity contribution in [2.75, 3.05) is 0 Å². The normalized spacial score (nSPS) is 10.9. The highest BCUT2D eigenvalue weighted by Crippen LogP contribution is 2.33. The van der Waals surface area contributed by atoms with E-state index in [0.717, 1.165) is 44.2 Å². The van der Waals surface area contributed by atoms with E-state index in [9.17, 15) is 0 Å². The summed E-state index contributed by atoms with van der Waals surface area (Å²) in [6, 6.07) is 26.5. The van der Waals surface area contributed by atoms with Crippen molar-refractivity contribution >= 4 is 27.8 Å². The van der Waals surface area contributed by atoms with E-state index in [1.165, 1.54) is 0 Å². The molecular formula is C24H14N2O. The minimum atomic E-state index is 0.404. The van der Waals surface area contributed by atoms with Gasteiger partial charge in [0.05, 0.1) is 0 Å². The molecule has 2 aromatic heterocycles. The first kappa shape index (κ1) is 15.4. The number of pyridine rings is 1. The maximum atomic E-state index is 7.15. The molecule has 3 nitrogen and oxygen atoms in total. The van der Waals surface area contributed by atoms with E-state index in [0.29, 0.717) is 5.82 Å². The predicted molar refractivity (Wildman–Crippen MR) is 109 cm³/mol. The van der Waals surface area contributed by atoms with Crippen LogP contribution in [0.3, 0.4) is 0 Å². The van der Waals surface area contributed by atoms with Gasteiger partial charge in [-0.15, -0.1) is 4.98 Å². The lowest BCUT2D eigenvalue weighted by molar-refractivity contribution is 0.669. The Hall–Kier alpha value is -3.90. The number of benzene rings is 3. The molecule has 0 aliphatic rings. The fourth-order valence-electron chi connectivity index (χ4n) is 3.44. The molecule has 27 heavy (non-hydrogen) atoms. The topological polar surface area (TPSA) is 30.4 Å². The van der Waals surface area contributed by atoms with E-state index in [2.05, 4.69) is 46.2 Å². The molecule has 0 radical (unpaired) electrons. The van der Waals surface area contributed by atoms with Crippen LogP contribution in [0.2, 0.25) is 0 Å². The molecule has 0 N–H and O–H groups in total. The van der Waals surface area contributed by atoms with Crippen LogP contribution < -0.4 is 0 Å². The number of hydrogen-bond acceptors (Lipinski definition) is 2. The molecule has 0 amide bonds. The van der Waals surface area contributed by atoms with Crippen molar-refractivity contribution in [3.63, 3.8) is 0 Å². The minimum absolute atomic E-state index is 0.404. The Morgan fingerprint density at radius 1 is 0.667 bits per heavy atom. The molecule has 3 aromatic carbocycles. The third-order valence-electron chi connectivity index (χ3n) is 4.77. The van der Waals surface area contributed by atoms with E-state index in [-0.39, 0.29) is 0 Å². The van der Waals surface area contributed by atoms with Crippen LogP contribution in [-0.4, -0.2) is 4.98 Å². The van der Waals surface area contributed by atoms with Crippen LogP contribution in [0.15, 0.2) is 89.5 Å². The van der Waals surface area contributed by atoms with Gasteiger partial charge in [0.25, 0.3) is 5.82 Å². The Labute approximate surface area is 156 Å². The third kappa shape index (κ3) is 2.65. The van der Waals surface area contributed by atoms with E-state index >= 15 is 0 Å². The molecule has 5 rings (SSSR count). The fourth-order valence-corrected chi connectivity index (χ4v) is 3.44. The lowest BCUT2D eigenvalue weighted by Gasteiger charge is -2.06. The maximum Gasteiger partial charge on any atom is 0.270 e. The van der Waals surface area contributed by atoms with Crippen LogP contribution in [0.5, 0.6) is 0 Å². The molecule has 2 heterocycles. The first-order valence-corrected chi connectivity index (χ1v) is 8.67. The Balaban J connectivity index is 1.62. The molecule has 126 valence electrons. The number of fused-ring (bicyclic) bond motifs is 3. The zero-order chi connectivity index (χ0) is 18.2. The summed E-state index contributed by atoms with van der Waals surface area (Å²) in [7, 11) is 0. The van der Waals surface area contributed by atoms with Gasteiger partial charge in [-0.2, -0.15) is 0 Å². The second-order valence-electron chi connectivity index (χ2n) is 6.40. The highest BCUT2D eigenvalue weighted by Gasteiger charge is 2.09. The smallest absolute Gasteiger partial charge is 0.270 e. The molecule has 0 atom stereocenters. The molecule has 0 aliphatic heterocycles. The van der Waals surface area contributed by atoms with Gasteiger partial charge < -0.3 is 9.26 Å². The summed E-state index contributed by atoms with van der Waals surface area (Å²) in [5.74, 6) is 0.404. The molecule has 0 fully saturated rings. The Kier molecular flexibility index (Phi) is 3.48. The lowest BCUT2D eigenvalue weighted by atomic mass is 9.99. The Bertz CT molecular complexity index is 1340. The van der Waals surface area contributed by atoms with Crippen LogP contribution in [-0.2, 0) is 0 Å². The van der Waals surface area contributed by atoms with Gasteiger partial charge in [0.15, 0.2) is 0 Å². The summed E-state index contributed by atoms with van der Waals surface area (Å²) < 4.78 is 6.02. The molecule has 0 bridgehead atoms. The van der Waals surface area contributed by atoms with Gasteiger partial charge in [0.2, 0.25) is 0 Å². The lowest BCUT2D eigenvalue weighted by Crippen LogP contribution is -1.82. The first-order valence-electron chi connectivity index (χ1n) is 8.67. The second-order valence-corrected chi connectivity index (χ2v) is 6.40. The van der Waals surface area contributed by atoms with Crippen molar-refractivity contribution < 1.29 is 4.42 Å². The van der Waals surface area contributed by atoms with Crippen molar-refractivity contribution in [3.8, 4) is 22.3 Å². The largest absolute Gasteiger partial charge is 0.456 e. The van der Waals surface area contributed by atoms with Gasteiger partial charge in [0.1, 0.15) is 17.4 Å². The summed E-state index contributed by atoms with van der Waals surface area (Å²) in [5.41, 5.74) is 6.05. The quantitative estimate of drug-likeness (QED) is 0.327. The second kappa shape index (κ2) is 6.12. The summed E-state index contributed by atoms with van der Waals surface area (Å²) in [4.78, 5) is 7.47. The van der Waals surface area contributed by atoms with E-state index in [4.69, 9.17) is 11.0 Å². The van der Waals surface area contributed by atoms with Crippen LogP contribution in [0, 0.1) is 6.57 Å². The molecule has 3 heteroatoms. The molecule has 0 unspecified atom stereocenters. The fraction of sp³-hybridized carbons (Fsp3) is 0. The zero-order valence-electron chi connectivity index (χ0n) is 14.4. The highest BCUT2D eigenvalue weighted by atomic mass is 16.3. The van der Waals surface area contributed by atoms with Crippen LogP contribution in [0.1, 0.15) is 0 Å². The van der Waals surface area contributed by atoms with Crippen LogP contribution in [0.25, 0.3) is 49.0 Å². The third-order valence-corrected chi connectivity index (χ3v) is 4.77. The SMILES string of the molecule is [C-]#[N+]c1cc(-c2cccc(-c3ccc4c(c3)oc3ccccc34)c2)ccn1. The standard InChI is InChI=1S/C24H14N2O/c1-25-24-15-19(11-12-26-24)17-6-4-5-16(13-17)18-9-10-21-20-7-2-3-8-22(20)27-23(21)14-18/h2-15H. The number of hydrogen-bond donors (Lipinski definition) is 0. The van der Waals surface area contributed by atoms with Crippen molar-refractivity contribution in [1.82, 2.24) is 4.98 Å². The van der Waals surface area contributed by atoms with Crippen LogP contribution >= 0.6 is 0 Å². The molecular weight excluding hydrogens is 332 g/mol. The summed E-state index contributed by atoms with van der Waals surface area (Å²) in [6.45, 7) is 7.15. The van der Waals surface area contributed by atoms with E-state index in [1.54, 1.807) is 6.20 Å². The predicted octanol–water partition coefficient (Wildman–Crippen LogP) is 6.87. The molecule has 0 spiro atoms. The van der Waals surface area contributed by atoms with Crippen molar-refractivity contribution in [1.29, 1.82) is 0 Å². The minimum Gasteiger partial charge on any atom is -0.456 e. The zero-order valence-corrected chi connectivity index (χ0v) is 14.4. The number of para-hydroxylation sites is 1. The molecule has 0 aliphatic carbocycles. The average Bonchev–Trinajstić information content (AvgIpc) is 3.11. The first-order chi connectivity index (χ1) is 13.3. The van der Waals surface area contributed by atoms with Gasteiger partial charge >= 0.3 is 0 Å². The van der Waals surface area contributed by atoms with Crippen molar-refractivity contribution in [2.24, 2.45) is 0 Å². The summed E-state index contributed by atoms with van der Waals surface area (Å²) in [5, 5.41) is 2.26. The summed E-state index contributed by atoms with van der Waals surface area (Å²) >= 11 is 0. The maximum absolute atomic E-state index is 7.15. The van der Waals surface area contributed by atoms with E-state index < -0.39 is 0 Å². The van der Waals surface area contributed by atoms with Gasteiger partial charge in [-0.3, -0.25) is 0 Å². The van der Waals surface area contributed by atoms with Gasteiger partial charge in [-0.25, -0.2) is 0 Å². The molecule has 0 saturated heterocycles. The summed E-state index contributed by atoms with van der Waals surface area (Å²) in [6.07, 6.45) is 1.68. The van der Waals surface area contributed by atoms with Crippen LogP contribution in [0.4, 0.5) is 5.82 Å². The number of nitrogens with zero attached hydrogens (tertiary/aromatic N) is 2. The van der Waals surface area contributed by atoms with Crippen molar-refractivity contribution in [2.45, 2.75) is 0 Å². The number of aromatic nitrogens is 1. The van der Waals surface area contributed by atoms with Gasteiger partial charge in [0, 0.05) is 10.8 Å². The average molecular weight is 346 g/mol. The molecule has 5 aromatic rings. The van der Waals surface area contributed by atoms with Gasteiger partial charge in [-0.1, -0.05) is 49.0 Å². The van der Waals surface area contributed by atoms with Gasteiger partial charge in [-0.05, 0) is 58.7 Å². The Morgan fingerprint density at radius 2 is 1.41 bits per heavy atom. The number of furan rings is 1. The number of rotatable bonds is 2. The van der Waals surface area contributed by atoms with Crippen molar-refractivity contribution in [3.05, 3.63) is 96.5 Å². The van der Waals surface area contributed by atoms with E-state index in [1.807, 2.05) is 42.5 Å².